The van der Waals surface area contributed by atoms with E-state index in [-0.39, 0.29) is 30.1 Å². The Morgan fingerprint density at radius 3 is 1.81 bits per heavy atom. The van der Waals surface area contributed by atoms with Crippen LogP contribution in [0, 0.1) is 0 Å². The molecule has 8 heteroatoms. The maximum absolute atomic E-state index is 12.5. The van der Waals surface area contributed by atoms with E-state index >= 15 is 0 Å². The fourth-order valence-corrected chi connectivity index (χ4v) is 3.01. The lowest BCUT2D eigenvalue weighted by Gasteiger charge is -2.17. The van der Waals surface area contributed by atoms with Crippen molar-refractivity contribution < 1.29 is 33.2 Å². The number of hydrogen-bond acceptors (Lipinski definition) is 7. The van der Waals surface area contributed by atoms with Crippen molar-refractivity contribution in [3.05, 3.63) is 82.9 Å². The molecule has 0 aliphatic carbocycles. The molecule has 0 fully saturated rings. The molecule has 0 saturated carbocycles. The van der Waals surface area contributed by atoms with Crippen LogP contribution in [0.1, 0.15) is 31.8 Å². The van der Waals surface area contributed by atoms with Crippen LogP contribution in [-0.2, 0) is 17.9 Å². The first-order chi connectivity index (χ1) is 15.6. The number of hydrogen-bond donors (Lipinski definition) is 0. The zero-order chi connectivity index (χ0) is 22.9. The number of carbonyl (C=O) groups is 2. The van der Waals surface area contributed by atoms with Gasteiger partial charge in [-0.25, -0.2) is 4.79 Å². The third-order valence-electron chi connectivity index (χ3n) is 4.77. The lowest BCUT2D eigenvalue weighted by molar-refractivity contribution is 0.0740. The molecule has 7 nitrogen and oxygen atoms in total. The average Bonchev–Trinajstić information content (AvgIpc) is 2.86. The minimum absolute atomic E-state index is 0.0169. The Morgan fingerprint density at radius 2 is 1.34 bits per heavy atom. The summed E-state index contributed by atoms with van der Waals surface area (Å²) >= 11 is 0. The molecule has 0 spiro atoms. The predicted octanol–water partition coefficient (Wildman–Crippen LogP) is 3.38. The van der Waals surface area contributed by atoms with E-state index in [2.05, 4.69) is 0 Å². The summed E-state index contributed by atoms with van der Waals surface area (Å²) in [4.78, 5) is 24.0. The molecule has 0 radical (unpaired) electrons. The molecule has 0 N–H and O–H groups in total. The van der Waals surface area contributed by atoms with Gasteiger partial charge in [-0.3, -0.25) is 4.79 Å². The minimum atomic E-state index is -0.688. The summed E-state index contributed by atoms with van der Waals surface area (Å²) in [7, 11) is 4.43. The van der Waals surface area contributed by atoms with E-state index in [1.807, 2.05) is 48.5 Å². The SMILES string of the molecule is BOC(=O)c1c(C=O)ccc(OCc2ccc(OC)cc2)c1OCc1ccc(OC)cc1. The first-order valence-electron chi connectivity index (χ1n) is 9.81. The number of methoxy groups -OCH3 is 2. The standard InChI is InChI=1S/C24H23BO7/c1-28-19-8-3-16(4-9-19)14-30-21-12-7-18(13-26)22(24(27)32-25)23(21)31-15-17-5-10-20(29-2)11-6-17/h3-13H,14-15,25H2,1-2H3. The Kier molecular flexibility index (Phi) is 7.75. The maximum atomic E-state index is 12.5. The lowest BCUT2D eigenvalue weighted by atomic mass is 10.1. The fraction of sp³-hybridized carbons (Fsp3) is 0.167. The van der Waals surface area contributed by atoms with Crippen molar-refractivity contribution in [1.29, 1.82) is 0 Å². The monoisotopic (exact) mass is 434 g/mol. The first-order valence-corrected chi connectivity index (χ1v) is 9.81. The number of rotatable bonds is 10. The van der Waals surface area contributed by atoms with Gasteiger partial charge in [-0.2, -0.15) is 0 Å². The van der Waals surface area contributed by atoms with Crippen molar-refractivity contribution in [1.82, 2.24) is 0 Å². The topological polar surface area (TPSA) is 80.3 Å². The highest BCUT2D eigenvalue weighted by Crippen LogP contribution is 2.35. The molecule has 0 amide bonds. The molecular weight excluding hydrogens is 411 g/mol. The minimum Gasteiger partial charge on any atom is -0.540 e. The largest absolute Gasteiger partial charge is 0.540 e. The summed E-state index contributed by atoms with van der Waals surface area (Å²) in [5.41, 5.74) is 1.91. The van der Waals surface area contributed by atoms with E-state index in [0.717, 1.165) is 22.6 Å². The number of aldehydes is 1. The third-order valence-corrected chi connectivity index (χ3v) is 4.77. The molecule has 0 aromatic heterocycles. The normalized spacial score (nSPS) is 10.2. The van der Waals surface area contributed by atoms with E-state index in [4.69, 9.17) is 23.6 Å². The second-order valence-electron chi connectivity index (χ2n) is 6.74. The quantitative estimate of drug-likeness (QED) is 0.358. The van der Waals surface area contributed by atoms with E-state index < -0.39 is 5.97 Å². The van der Waals surface area contributed by atoms with E-state index in [9.17, 15) is 9.59 Å². The molecule has 32 heavy (non-hydrogen) atoms. The van der Waals surface area contributed by atoms with Gasteiger partial charge in [-0.05, 0) is 47.5 Å². The van der Waals surface area contributed by atoms with Crippen LogP contribution in [0.5, 0.6) is 23.0 Å². The van der Waals surface area contributed by atoms with Crippen LogP contribution in [-0.4, -0.2) is 34.5 Å². The summed E-state index contributed by atoms with van der Waals surface area (Å²) in [6.45, 7) is 0.374. The van der Waals surface area contributed by atoms with Crippen molar-refractivity contribution in [2.75, 3.05) is 14.2 Å². The van der Waals surface area contributed by atoms with Gasteiger partial charge in [-0.15, -0.1) is 0 Å². The molecule has 0 heterocycles. The molecular formula is C24H23BO7. The average molecular weight is 434 g/mol. The molecule has 0 aliphatic rings. The Bertz CT molecular complexity index is 1060. The molecule has 0 bridgehead atoms. The highest BCUT2D eigenvalue weighted by molar-refractivity contribution is 6.12. The molecule has 0 unspecified atom stereocenters. The van der Waals surface area contributed by atoms with Gasteiger partial charge in [0.05, 0.1) is 14.2 Å². The van der Waals surface area contributed by atoms with Crippen molar-refractivity contribution in [3.63, 3.8) is 0 Å². The number of carbonyl (C=O) groups excluding carboxylic acids is 2. The summed E-state index contributed by atoms with van der Waals surface area (Å²) in [6.07, 6.45) is 0.583. The fourth-order valence-electron chi connectivity index (χ4n) is 3.01. The molecule has 0 saturated heterocycles. The molecule has 0 aliphatic heterocycles. The van der Waals surface area contributed by atoms with Crippen LogP contribution in [0.4, 0.5) is 0 Å². The second-order valence-corrected chi connectivity index (χ2v) is 6.74. The Hall–Kier alpha value is -3.94. The van der Waals surface area contributed by atoms with Gasteiger partial charge in [0.15, 0.2) is 17.8 Å². The van der Waals surface area contributed by atoms with Gasteiger partial charge >= 0.3 is 14.0 Å². The predicted molar refractivity (Wildman–Crippen MR) is 120 cm³/mol. The van der Waals surface area contributed by atoms with Crippen LogP contribution in [0.3, 0.4) is 0 Å². The van der Waals surface area contributed by atoms with Gasteiger partial charge in [0.2, 0.25) is 0 Å². The Labute approximate surface area is 187 Å². The second kappa shape index (κ2) is 10.9. The van der Waals surface area contributed by atoms with Crippen LogP contribution in [0.15, 0.2) is 60.7 Å². The van der Waals surface area contributed by atoms with Crippen LogP contribution in [0.25, 0.3) is 0 Å². The number of ether oxygens (including phenoxy) is 4. The Balaban J connectivity index is 1.89. The van der Waals surface area contributed by atoms with Crippen molar-refractivity contribution in [3.8, 4) is 23.0 Å². The molecule has 3 rings (SSSR count). The molecule has 164 valence electrons. The van der Waals surface area contributed by atoms with Gasteiger partial charge in [-0.1, -0.05) is 24.3 Å². The molecule has 0 atom stereocenters. The highest BCUT2D eigenvalue weighted by atomic mass is 16.5. The van der Waals surface area contributed by atoms with Crippen molar-refractivity contribution >= 4 is 20.3 Å². The zero-order valence-corrected chi connectivity index (χ0v) is 18.1. The van der Waals surface area contributed by atoms with E-state index in [0.29, 0.717) is 12.0 Å². The van der Waals surface area contributed by atoms with E-state index in [1.165, 1.54) is 14.1 Å². The maximum Gasteiger partial charge on any atom is 0.326 e. The smallest absolute Gasteiger partial charge is 0.326 e. The molecule has 3 aromatic carbocycles. The highest BCUT2D eigenvalue weighted by Gasteiger charge is 2.23. The van der Waals surface area contributed by atoms with Gasteiger partial charge in [0.25, 0.3) is 0 Å². The van der Waals surface area contributed by atoms with Crippen LogP contribution >= 0.6 is 0 Å². The Morgan fingerprint density at radius 1 is 0.812 bits per heavy atom. The lowest BCUT2D eigenvalue weighted by Crippen LogP contribution is -2.11. The van der Waals surface area contributed by atoms with Crippen LogP contribution < -0.4 is 18.9 Å². The van der Waals surface area contributed by atoms with Crippen LogP contribution in [0.2, 0.25) is 0 Å². The van der Waals surface area contributed by atoms with Gasteiger partial charge < -0.3 is 23.6 Å². The van der Waals surface area contributed by atoms with E-state index in [1.54, 1.807) is 20.3 Å². The summed E-state index contributed by atoms with van der Waals surface area (Å²) < 4.78 is 27.1. The van der Waals surface area contributed by atoms with Crippen molar-refractivity contribution in [2.24, 2.45) is 0 Å². The first kappa shape index (κ1) is 22.7. The third kappa shape index (κ3) is 5.40. The number of benzene rings is 3. The summed E-state index contributed by atoms with van der Waals surface area (Å²) in [5, 5.41) is 0. The molecule has 3 aromatic rings. The van der Waals surface area contributed by atoms with Gasteiger partial charge in [0.1, 0.15) is 30.3 Å². The van der Waals surface area contributed by atoms with Crippen molar-refractivity contribution in [2.45, 2.75) is 13.2 Å². The van der Waals surface area contributed by atoms with Gasteiger partial charge in [0, 0.05) is 5.56 Å². The summed E-state index contributed by atoms with van der Waals surface area (Å²) in [6, 6.07) is 17.8. The summed E-state index contributed by atoms with van der Waals surface area (Å²) in [5.74, 6) is 1.23. The zero-order valence-electron chi connectivity index (χ0n) is 18.1.